The van der Waals surface area contributed by atoms with E-state index in [0.29, 0.717) is 17.9 Å². The molecule has 1 atom stereocenters. The smallest absolute Gasteiger partial charge is 0.254 e. The standard InChI is InChI=1S/C25H27N7O2/c1-31-24-18(6-9-29-31)19(13-27-24)17-3-4-21(23-20(17)14-28-25(23)34)30-22-5-2-15(12-26-22)32-10-7-16(33)8-11-32/h2-6,9,12-13,16,24,27,33H,7-8,10-11,14H2,1H3,(H,26,30)(H,28,34). The molecule has 9 heteroatoms. The molecule has 6 rings (SSSR count). The first-order valence-corrected chi connectivity index (χ1v) is 11.6. The molecule has 0 aliphatic carbocycles. The highest BCUT2D eigenvalue weighted by atomic mass is 16.3. The molecule has 1 unspecified atom stereocenters. The number of carbonyl (C=O) groups is 1. The Balaban J connectivity index is 1.27. The molecule has 1 fully saturated rings. The fourth-order valence-electron chi connectivity index (χ4n) is 5.10. The van der Waals surface area contributed by atoms with Gasteiger partial charge < -0.3 is 26.0 Å². The van der Waals surface area contributed by atoms with Crippen molar-refractivity contribution in [2.45, 2.75) is 31.7 Å². The predicted octanol–water partition coefficient (Wildman–Crippen LogP) is 2.16. The third kappa shape index (κ3) is 3.49. The Hall–Kier alpha value is -3.85. The number of hydrogen-bond acceptors (Lipinski definition) is 8. The van der Waals surface area contributed by atoms with Gasteiger partial charge in [-0.3, -0.25) is 9.80 Å². The van der Waals surface area contributed by atoms with Crippen molar-refractivity contribution in [3.8, 4) is 0 Å². The number of carbonyl (C=O) groups excluding carboxylic acids is 1. The molecule has 1 aromatic heterocycles. The first-order valence-electron chi connectivity index (χ1n) is 11.6. The van der Waals surface area contributed by atoms with Crippen molar-refractivity contribution in [3.05, 3.63) is 65.0 Å². The maximum atomic E-state index is 12.8. The molecule has 0 spiro atoms. The number of rotatable bonds is 4. The summed E-state index contributed by atoms with van der Waals surface area (Å²) in [6, 6.07) is 7.99. The molecule has 0 bridgehead atoms. The number of hydrogen-bond donors (Lipinski definition) is 4. The number of benzene rings is 1. The monoisotopic (exact) mass is 457 g/mol. The molecule has 4 aliphatic rings. The molecule has 9 nitrogen and oxygen atoms in total. The highest BCUT2D eigenvalue weighted by Gasteiger charge is 2.33. The van der Waals surface area contributed by atoms with Gasteiger partial charge in [0.2, 0.25) is 0 Å². The van der Waals surface area contributed by atoms with Crippen LogP contribution in [0.4, 0.5) is 17.2 Å². The predicted molar refractivity (Wildman–Crippen MR) is 132 cm³/mol. The lowest BCUT2D eigenvalue weighted by atomic mass is 9.91. The number of amides is 1. The maximum absolute atomic E-state index is 12.8. The van der Waals surface area contributed by atoms with Crippen LogP contribution in [0.5, 0.6) is 0 Å². The van der Waals surface area contributed by atoms with E-state index in [9.17, 15) is 9.90 Å². The van der Waals surface area contributed by atoms with Crippen molar-refractivity contribution in [2.24, 2.45) is 5.10 Å². The minimum atomic E-state index is -0.202. The number of hydrazone groups is 1. The van der Waals surface area contributed by atoms with Gasteiger partial charge in [-0.2, -0.15) is 5.10 Å². The van der Waals surface area contributed by atoms with Gasteiger partial charge in [-0.25, -0.2) is 4.98 Å². The van der Waals surface area contributed by atoms with Crippen molar-refractivity contribution in [1.29, 1.82) is 0 Å². The van der Waals surface area contributed by atoms with Crippen LogP contribution in [0.15, 0.2) is 53.4 Å². The van der Waals surface area contributed by atoms with Gasteiger partial charge in [0.1, 0.15) is 12.0 Å². The summed E-state index contributed by atoms with van der Waals surface area (Å²) >= 11 is 0. The van der Waals surface area contributed by atoms with Gasteiger partial charge >= 0.3 is 0 Å². The highest BCUT2D eigenvalue weighted by Crippen LogP contribution is 2.38. The third-order valence-electron chi connectivity index (χ3n) is 6.96. The Morgan fingerprint density at radius 2 is 2.03 bits per heavy atom. The molecule has 4 aliphatic heterocycles. The SMILES string of the molecule is CN1N=CC=C2C(c3ccc(Nc4ccc(N5CCC(O)CC5)cn4)c4c3CNC4=O)=CNC21. The molecule has 0 saturated carbocycles. The maximum Gasteiger partial charge on any atom is 0.254 e. The van der Waals surface area contributed by atoms with Crippen LogP contribution >= 0.6 is 0 Å². The zero-order chi connectivity index (χ0) is 23.2. The second kappa shape index (κ2) is 8.18. The summed E-state index contributed by atoms with van der Waals surface area (Å²) in [5.74, 6) is 0.604. The van der Waals surface area contributed by atoms with Gasteiger partial charge in [0, 0.05) is 50.2 Å². The van der Waals surface area contributed by atoms with Crippen molar-refractivity contribution in [3.63, 3.8) is 0 Å². The molecule has 2 aromatic rings. The lowest BCUT2D eigenvalue weighted by Gasteiger charge is -2.31. The number of anilines is 3. The zero-order valence-electron chi connectivity index (χ0n) is 19.0. The number of piperidine rings is 1. The fraction of sp³-hybridized carbons (Fsp3) is 0.320. The van der Waals surface area contributed by atoms with E-state index >= 15 is 0 Å². The van der Waals surface area contributed by atoms with Gasteiger partial charge in [0.25, 0.3) is 5.91 Å². The number of aromatic nitrogens is 1. The Labute approximate surface area is 197 Å². The van der Waals surface area contributed by atoms with Crippen molar-refractivity contribution in [2.75, 3.05) is 30.4 Å². The van der Waals surface area contributed by atoms with Gasteiger partial charge in [0.15, 0.2) is 0 Å². The molecule has 1 aromatic carbocycles. The van der Waals surface area contributed by atoms with Crippen LogP contribution < -0.4 is 20.9 Å². The minimum absolute atomic E-state index is 0.00407. The third-order valence-corrected chi connectivity index (χ3v) is 6.96. The number of allylic oxidation sites excluding steroid dienone is 1. The molecule has 4 N–H and O–H groups in total. The molecule has 0 radical (unpaired) electrons. The second-order valence-electron chi connectivity index (χ2n) is 9.03. The molecule has 1 saturated heterocycles. The van der Waals surface area contributed by atoms with Crippen molar-refractivity contribution in [1.82, 2.24) is 20.6 Å². The first-order chi connectivity index (χ1) is 16.6. The number of nitrogens with zero attached hydrogens (tertiary/aromatic N) is 4. The van der Waals surface area contributed by atoms with E-state index < -0.39 is 0 Å². The number of nitrogens with one attached hydrogen (secondary N) is 3. The Bertz CT molecular complexity index is 1230. The number of pyridine rings is 1. The molecule has 5 heterocycles. The summed E-state index contributed by atoms with van der Waals surface area (Å²) in [4.78, 5) is 19.6. The molecule has 1 amide bonds. The van der Waals surface area contributed by atoms with E-state index in [4.69, 9.17) is 0 Å². The highest BCUT2D eigenvalue weighted by molar-refractivity contribution is 6.06. The van der Waals surface area contributed by atoms with Crippen LogP contribution in [0.1, 0.15) is 34.3 Å². The van der Waals surface area contributed by atoms with Crippen LogP contribution in [0.2, 0.25) is 0 Å². The van der Waals surface area contributed by atoms with E-state index in [1.54, 1.807) is 6.21 Å². The second-order valence-corrected chi connectivity index (χ2v) is 9.03. The lowest BCUT2D eigenvalue weighted by molar-refractivity contribution is 0.0966. The zero-order valence-corrected chi connectivity index (χ0v) is 19.0. The Kier molecular flexibility index (Phi) is 4.99. The summed E-state index contributed by atoms with van der Waals surface area (Å²) in [7, 11) is 1.94. The number of aliphatic hydroxyl groups is 1. The van der Waals surface area contributed by atoms with Gasteiger partial charge in [0.05, 0.1) is 29.2 Å². The van der Waals surface area contributed by atoms with E-state index in [2.05, 4.69) is 37.0 Å². The van der Waals surface area contributed by atoms with Crippen LogP contribution in [0.3, 0.4) is 0 Å². The van der Waals surface area contributed by atoms with Gasteiger partial charge in [-0.05, 0) is 48.2 Å². The first kappa shape index (κ1) is 20.7. The van der Waals surface area contributed by atoms with Crippen LogP contribution in [0, 0.1) is 0 Å². The Morgan fingerprint density at radius 3 is 2.82 bits per heavy atom. The quantitative estimate of drug-likeness (QED) is 0.558. The summed E-state index contributed by atoms with van der Waals surface area (Å²) < 4.78 is 0. The molecular formula is C25H27N7O2. The van der Waals surface area contributed by atoms with Gasteiger partial charge in [-0.15, -0.1) is 0 Å². The van der Waals surface area contributed by atoms with Crippen LogP contribution in [0.25, 0.3) is 5.57 Å². The summed E-state index contributed by atoms with van der Waals surface area (Å²) in [6.45, 7) is 2.15. The number of likely N-dealkylation sites (N-methyl/N-ethyl adjacent to an activating group) is 1. The van der Waals surface area contributed by atoms with E-state index in [1.807, 2.05) is 48.7 Å². The van der Waals surface area contributed by atoms with E-state index in [1.165, 1.54) is 0 Å². The van der Waals surface area contributed by atoms with Crippen molar-refractivity contribution >= 4 is 34.9 Å². The minimum Gasteiger partial charge on any atom is -0.393 e. The molecular weight excluding hydrogens is 430 g/mol. The van der Waals surface area contributed by atoms with Gasteiger partial charge in [-0.1, -0.05) is 6.07 Å². The van der Waals surface area contributed by atoms with Crippen LogP contribution in [-0.4, -0.2) is 59.6 Å². The topological polar surface area (TPSA) is 105 Å². The fourth-order valence-corrected chi connectivity index (χ4v) is 5.10. The number of fused-ring (bicyclic) bond motifs is 2. The Morgan fingerprint density at radius 1 is 1.18 bits per heavy atom. The molecule has 174 valence electrons. The summed E-state index contributed by atoms with van der Waals surface area (Å²) in [5.41, 5.74) is 6.70. The van der Waals surface area contributed by atoms with Crippen LogP contribution in [-0.2, 0) is 6.54 Å². The number of aliphatic hydroxyl groups excluding tert-OH is 1. The average molecular weight is 458 g/mol. The van der Waals surface area contributed by atoms with E-state index in [-0.39, 0.29) is 18.2 Å². The van der Waals surface area contributed by atoms with Crippen molar-refractivity contribution < 1.29 is 9.90 Å². The summed E-state index contributed by atoms with van der Waals surface area (Å²) in [6.07, 6.45) is 9.03. The summed E-state index contributed by atoms with van der Waals surface area (Å²) in [5, 5.41) is 25.7. The lowest BCUT2D eigenvalue weighted by Crippen LogP contribution is -2.38. The molecule has 34 heavy (non-hydrogen) atoms. The largest absolute Gasteiger partial charge is 0.393 e. The average Bonchev–Trinajstić information content (AvgIpc) is 3.46. The van der Waals surface area contributed by atoms with E-state index in [0.717, 1.165) is 59.6 Å². The normalized spacial score (nSPS) is 21.5.